The molecule has 0 spiro atoms. The molecule has 1 heterocycles. The first-order chi connectivity index (χ1) is 5.93. The summed E-state index contributed by atoms with van der Waals surface area (Å²) in [5.74, 6) is 0. The fourth-order valence-electron chi connectivity index (χ4n) is 1.65. The van der Waals surface area contributed by atoms with Gasteiger partial charge in [0, 0.05) is 6.54 Å². The monoisotopic (exact) mass is 170 g/mol. The van der Waals surface area contributed by atoms with Gasteiger partial charge in [-0.15, -0.1) is 0 Å². The average Bonchev–Trinajstić information content (AvgIpc) is 2.14. The van der Waals surface area contributed by atoms with E-state index in [1.165, 1.54) is 32.4 Å². The summed E-state index contributed by atoms with van der Waals surface area (Å²) in [7, 11) is 0. The highest BCUT2D eigenvalue weighted by Gasteiger charge is 2.08. The van der Waals surface area contributed by atoms with E-state index < -0.39 is 0 Å². The number of carbonyl (C=O) groups is 1. The molecule has 3 heteroatoms. The molecule has 1 N–H and O–H groups in total. The molecule has 0 aromatic heterocycles. The number of hydrogen-bond acceptors (Lipinski definition) is 2. The largest absolute Gasteiger partial charge is 0.359 e. The van der Waals surface area contributed by atoms with E-state index in [0.717, 1.165) is 25.9 Å². The van der Waals surface area contributed by atoms with Gasteiger partial charge >= 0.3 is 0 Å². The molecule has 3 nitrogen and oxygen atoms in total. The van der Waals surface area contributed by atoms with E-state index >= 15 is 0 Å². The normalized spacial score (nSPS) is 19.0. The van der Waals surface area contributed by atoms with E-state index in [-0.39, 0.29) is 0 Å². The lowest BCUT2D eigenvalue weighted by Crippen LogP contribution is -2.32. The predicted octanol–water partition coefficient (Wildman–Crippen LogP) is 0.608. The van der Waals surface area contributed by atoms with Gasteiger partial charge in [0.1, 0.15) is 0 Å². The van der Waals surface area contributed by atoms with Crippen molar-refractivity contribution in [2.24, 2.45) is 0 Å². The summed E-state index contributed by atoms with van der Waals surface area (Å²) in [6.07, 6.45) is 5.94. The van der Waals surface area contributed by atoms with Gasteiger partial charge in [-0.05, 0) is 38.9 Å². The highest BCUT2D eigenvalue weighted by molar-refractivity contribution is 5.45. The van der Waals surface area contributed by atoms with Crippen LogP contribution in [-0.4, -0.2) is 37.5 Å². The number of carbonyl (C=O) groups excluding carboxylic acids is 1. The second kappa shape index (κ2) is 6.00. The minimum atomic E-state index is 0.774. The van der Waals surface area contributed by atoms with E-state index in [2.05, 4.69) is 10.2 Å². The zero-order valence-electron chi connectivity index (χ0n) is 7.59. The molecule has 0 unspecified atom stereocenters. The van der Waals surface area contributed by atoms with Gasteiger partial charge in [-0.3, -0.25) is 4.79 Å². The third-order valence-electron chi connectivity index (χ3n) is 2.33. The quantitative estimate of drug-likeness (QED) is 0.484. The maximum atomic E-state index is 9.93. The highest BCUT2D eigenvalue weighted by Crippen LogP contribution is 2.08. The van der Waals surface area contributed by atoms with Crippen LogP contribution in [0.5, 0.6) is 0 Å². The number of amides is 1. The zero-order chi connectivity index (χ0) is 8.65. The van der Waals surface area contributed by atoms with E-state index in [4.69, 9.17) is 0 Å². The molecule has 0 aromatic rings. The van der Waals surface area contributed by atoms with Crippen LogP contribution in [-0.2, 0) is 4.79 Å². The van der Waals surface area contributed by atoms with Crippen molar-refractivity contribution in [1.82, 2.24) is 10.2 Å². The van der Waals surface area contributed by atoms with Crippen LogP contribution in [0, 0.1) is 0 Å². The first kappa shape index (κ1) is 9.52. The summed E-state index contributed by atoms with van der Waals surface area (Å²) in [5.41, 5.74) is 0. The summed E-state index contributed by atoms with van der Waals surface area (Å²) < 4.78 is 0. The average molecular weight is 170 g/mol. The molecule has 0 radical (unpaired) electrons. The fraction of sp³-hybridized carbons (Fsp3) is 0.889. The molecule has 1 amide bonds. The Bertz CT molecular complexity index is 122. The number of rotatable bonds is 5. The number of hydrogen-bond donors (Lipinski definition) is 1. The third kappa shape index (κ3) is 3.72. The van der Waals surface area contributed by atoms with E-state index in [9.17, 15) is 4.79 Å². The van der Waals surface area contributed by atoms with Crippen molar-refractivity contribution in [3.05, 3.63) is 0 Å². The van der Waals surface area contributed by atoms with Crippen molar-refractivity contribution in [2.45, 2.75) is 25.7 Å². The Morgan fingerprint density at radius 3 is 2.67 bits per heavy atom. The minimum absolute atomic E-state index is 0.774. The van der Waals surface area contributed by atoms with Gasteiger partial charge in [0.15, 0.2) is 0 Å². The summed E-state index contributed by atoms with van der Waals surface area (Å²) in [6, 6.07) is 0. The van der Waals surface area contributed by atoms with Crippen LogP contribution in [0.4, 0.5) is 0 Å². The molecule has 1 fully saturated rings. The third-order valence-corrected chi connectivity index (χ3v) is 2.33. The van der Waals surface area contributed by atoms with Crippen molar-refractivity contribution in [3.8, 4) is 0 Å². The first-order valence-electron chi connectivity index (χ1n) is 4.83. The van der Waals surface area contributed by atoms with Crippen molar-refractivity contribution < 1.29 is 4.79 Å². The molecule has 1 aliphatic heterocycles. The summed E-state index contributed by atoms with van der Waals surface area (Å²) in [6.45, 7) is 4.46. The molecule has 0 saturated carbocycles. The van der Waals surface area contributed by atoms with Gasteiger partial charge in [-0.2, -0.15) is 0 Å². The molecule has 1 aliphatic rings. The smallest absolute Gasteiger partial charge is 0.207 e. The van der Waals surface area contributed by atoms with Crippen molar-refractivity contribution in [1.29, 1.82) is 0 Å². The molecule has 1 saturated heterocycles. The minimum Gasteiger partial charge on any atom is -0.359 e. The molecule has 70 valence electrons. The summed E-state index contributed by atoms with van der Waals surface area (Å²) in [5, 5.41) is 2.68. The maximum absolute atomic E-state index is 9.93. The second-order valence-electron chi connectivity index (χ2n) is 3.33. The number of piperidine rings is 1. The van der Waals surface area contributed by atoms with Gasteiger partial charge in [-0.25, -0.2) is 0 Å². The molecule has 0 atom stereocenters. The van der Waals surface area contributed by atoms with Crippen LogP contribution in [0.3, 0.4) is 0 Å². The zero-order valence-corrected chi connectivity index (χ0v) is 7.59. The molecule has 0 aromatic carbocycles. The van der Waals surface area contributed by atoms with Crippen molar-refractivity contribution in [2.75, 3.05) is 26.2 Å². The summed E-state index contributed by atoms with van der Waals surface area (Å²) in [4.78, 5) is 12.4. The number of nitrogens with one attached hydrogen (secondary N) is 1. The molecule has 1 rings (SSSR count). The molecular formula is C9H18N2O. The summed E-state index contributed by atoms with van der Waals surface area (Å²) >= 11 is 0. The Balaban J connectivity index is 1.94. The second-order valence-corrected chi connectivity index (χ2v) is 3.33. The van der Waals surface area contributed by atoms with E-state index in [0.29, 0.717) is 0 Å². The predicted molar refractivity (Wildman–Crippen MR) is 49.0 cm³/mol. The van der Waals surface area contributed by atoms with Crippen molar-refractivity contribution >= 4 is 6.41 Å². The Kier molecular flexibility index (Phi) is 4.76. The molecule has 0 aliphatic carbocycles. The number of nitrogens with zero attached hydrogens (tertiary/aromatic N) is 1. The van der Waals surface area contributed by atoms with Gasteiger partial charge in [0.05, 0.1) is 0 Å². The van der Waals surface area contributed by atoms with Gasteiger partial charge < -0.3 is 10.2 Å². The van der Waals surface area contributed by atoms with Crippen LogP contribution in [0.1, 0.15) is 25.7 Å². The molecular weight excluding hydrogens is 152 g/mol. The maximum Gasteiger partial charge on any atom is 0.207 e. The molecule has 0 bridgehead atoms. The lowest BCUT2D eigenvalue weighted by atomic mass is 10.1. The Morgan fingerprint density at radius 1 is 1.25 bits per heavy atom. The Morgan fingerprint density at radius 2 is 2.00 bits per heavy atom. The SMILES string of the molecule is O=CNCCCN1CCCCC1. The van der Waals surface area contributed by atoms with Crippen LogP contribution in [0.2, 0.25) is 0 Å². The lowest BCUT2D eigenvalue weighted by molar-refractivity contribution is -0.109. The molecule has 12 heavy (non-hydrogen) atoms. The number of likely N-dealkylation sites (tertiary alicyclic amines) is 1. The van der Waals surface area contributed by atoms with Gasteiger partial charge in [-0.1, -0.05) is 6.42 Å². The van der Waals surface area contributed by atoms with E-state index in [1.807, 2.05) is 0 Å². The standard InChI is InChI=1S/C9H18N2O/c12-9-10-5-4-8-11-6-2-1-3-7-11/h9H,1-8H2,(H,10,12). The van der Waals surface area contributed by atoms with Gasteiger partial charge in [0.2, 0.25) is 6.41 Å². The van der Waals surface area contributed by atoms with Crippen LogP contribution in [0.15, 0.2) is 0 Å². The van der Waals surface area contributed by atoms with Gasteiger partial charge in [0.25, 0.3) is 0 Å². The Labute approximate surface area is 74.1 Å². The highest BCUT2D eigenvalue weighted by atomic mass is 16.1. The fourth-order valence-corrected chi connectivity index (χ4v) is 1.65. The van der Waals surface area contributed by atoms with Crippen LogP contribution >= 0.6 is 0 Å². The van der Waals surface area contributed by atoms with Crippen molar-refractivity contribution in [3.63, 3.8) is 0 Å². The Hall–Kier alpha value is -0.570. The first-order valence-corrected chi connectivity index (χ1v) is 4.83. The van der Waals surface area contributed by atoms with E-state index in [1.54, 1.807) is 0 Å². The lowest BCUT2D eigenvalue weighted by Gasteiger charge is -2.26. The van der Waals surface area contributed by atoms with Crippen LogP contribution in [0.25, 0.3) is 0 Å². The topological polar surface area (TPSA) is 32.3 Å². The van der Waals surface area contributed by atoms with Crippen LogP contribution < -0.4 is 5.32 Å².